The average Bonchev–Trinajstić information content (AvgIpc) is 2.40. The Morgan fingerprint density at radius 3 is 2.42 bits per heavy atom. The van der Waals surface area contributed by atoms with Crippen LogP contribution in [0.1, 0.15) is 10.8 Å². The highest BCUT2D eigenvalue weighted by molar-refractivity contribution is 8.00. The summed E-state index contributed by atoms with van der Waals surface area (Å²) in [5.74, 6) is -0.910. The van der Waals surface area contributed by atoms with Crippen LogP contribution in [0.5, 0.6) is 0 Å². The SMILES string of the molecule is O=C(O)[C@@H](Sc1cc(Cl)ccc1Cl)c1ccccc1. The Balaban J connectivity index is 2.32. The highest BCUT2D eigenvalue weighted by atomic mass is 35.5. The van der Waals surface area contributed by atoms with Crippen molar-refractivity contribution >= 4 is 40.9 Å². The van der Waals surface area contributed by atoms with Crippen molar-refractivity contribution < 1.29 is 9.90 Å². The lowest BCUT2D eigenvalue weighted by Gasteiger charge is -2.13. The van der Waals surface area contributed by atoms with Crippen molar-refractivity contribution in [3.8, 4) is 0 Å². The predicted octanol–water partition coefficient (Wildman–Crippen LogP) is 4.91. The molecule has 5 heteroatoms. The van der Waals surface area contributed by atoms with Gasteiger partial charge >= 0.3 is 5.97 Å². The molecule has 0 saturated heterocycles. The Morgan fingerprint density at radius 2 is 1.79 bits per heavy atom. The van der Waals surface area contributed by atoms with Crippen LogP contribution in [0.25, 0.3) is 0 Å². The molecule has 0 aromatic heterocycles. The first-order chi connectivity index (χ1) is 9.08. The number of aliphatic carboxylic acids is 1. The van der Waals surface area contributed by atoms with Gasteiger partial charge in [0.15, 0.2) is 0 Å². The van der Waals surface area contributed by atoms with Crippen LogP contribution in [-0.4, -0.2) is 11.1 Å². The highest BCUT2D eigenvalue weighted by Gasteiger charge is 2.22. The first kappa shape index (κ1) is 14.3. The quantitative estimate of drug-likeness (QED) is 0.815. The van der Waals surface area contributed by atoms with E-state index in [-0.39, 0.29) is 0 Å². The van der Waals surface area contributed by atoms with Gasteiger partial charge < -0.3 is 5.11 Å². The molecule has 0 spiro atoms. The molecular weight excluding hydrogens is 303 g/mol. The van der Waals surface area contributed by atoms with Crippen molar-refractivity contribution in [1.29, 1.82) is 0 Å². The van der Waals surface area contributed by atoms with Gasteiger partial charge in [0.25, 0.3) is 0 Å². The summed E-state index contributed by atoms with van der Waals surface area (Å²) in [4.78, 5) is 12.1. The number of rotatable bonds is 4. The van der Waals surface area contributed by atoms with E-state index in [1.165, 1.54) is 11.8 Å². The molecule has 0 radical (unpaired) electrons. The zero-order valence-corrected chi connectivity index (χ0v) is 12.0. The molecule has 19 heavy (non-hydrogen) atoms. The van der Waals surface area contributed by atoms with Crippen LogP contribution in [0.3, 0.4) is 0 Å². The normalized spacial score (nSPS) is 12.1. The molecular formula is C14H10Cl2O2S. The average molecular weight is 313 g/mol. The highest BCUT2D eigenvalue weighted by Crippen LogP contribution is 2.39. The fourth-order valence-electron chi connectivity index (χ4n) is 1.58. The summed E-state index contributed by atoms with van der Waals surface area (Å²) in [7, 11) is 0. The fourth-order valence-corrected chi connectivity index (χ4v) is 3.09. The monoisotopic (exact) mass is 312 g/mol. The number of thioether (sulfide) groups is 1. The summed E-state index contributed by atoms with van der Waals surface area (Å²) < 4.78 is 0. The van der Waals surface area contributed by atoms with Gasteiger partial charge in [0.2, 0.25) is 0 Å². The molecule has 0 saturated carbocycles. The zero-order valence-electron chi connectivity index (χ0n) is 9.72. The van der Waals surface area contributed by atoms with Crippen LogP contribution in [0.15, 0.2) is 53.4 Å². The van der Waals surface area contributed by atoms with Crippen molar-refractivity contribution in [3.63, 3.8) is 0 Å². The van der Waals surface area contributed by atoms with Crippen molar-refractivity contribution in [2.75, 3.05) is 0 Å². The Kier molecular flexibility index (Phi) is 4.75. The van der Waals surface area contributed by atoms with E-state index >= 15 is 0 Å². The minimum atomic E-state index is -0.910. The number of carboxylic acids is 1. The van der Waals surface area contributed by atoms with Gasteiger partial charge in [-0.05, 0) is 23.8 Å². The van der Waals surface area contributed by atoms with Crippen LogP contribution in [-0.2, 0) is 4.79 Å². The van der Waals surface area contributed by atoms with Gasteiger partial charge in [0, 0.05) is 9.92 Å². The van der Waals surface area contributed by atoms with Gasteiger partial charge in [-0.2, -0.15) is 0 Å². The lowest BCUT2D eigenvalue weighted by Crippen LogP contribution is -2.07. The van der Waals surface area contributed by atoms with Crippen LogP contribution < -0.4 is 0 Å². The molecule has 0 aliphatic heterocycles. The standard InChI is InChI=1S/C14H10Cl2O2S/c15-10-6-7-11(16)12(8-10)19-13(14(17)18)9-4-2-1-3-5-9/h1-8,13H,(H,17,18)/t13-/m0/s1. The number of hydrogen-bond acceptors (Lipinski definition) is 2. The van der Waals surface area contributed by atoms with E-state index in [2.05, 4.69) is 0 Å². The maximum absolute atomic E-state index is 11.4. The molecule has 0 heterocycles. The molecule has 1 atom stereocenters. The molecule has 2 nitrogen and oxygen atoms in total. The van der Waals surface area contributed by atoms with Crippen LogP contribution in [0.4, 0.5) is 0 Å². The van der Waals surface area contributed by atoms with Crippen molar-refractivity contribution in [2.24, 2.45) is 0 Å². The van der Waals surface area contributed by atoms with Gasteiger partial charge in [-0.25, -0.2) is 0 Å². The second kappa shape index (κ2) is 6.33. The van der Waals surface area contributed by atoms with E-state index in [0.29, 0.717) is 14.9 Å². The molecule has 98 valence electrons. The van der Waals surface area contributed by atoms with Gasteiger partial charge in [-0.15, -0.1) is 11.8 Å². The lowest BCUT2D eigenvalue weighted by molar-refractivity contribution is -0.136. The Hall–Kier alpha value is -1.16. The molecule has 1 N–H and O–H groups in total. The maximum Gasteiger partial charge on any atom is 0.321 e. The van der Waals surface area contributed by atoms with Gasteiger partial charge in [-0.3, -0.25) is 4.79 Å². The summed E-state index contributed by atoms with van der Waals surface area (Å²) in [6, 6.07) is 14.0. The second-order valence-electron chi connectivity index (χ2n) is 3.82. The molecule has 2 aromatic rings. The van der Waals surface area contributed by atoms with Gasteiger partial charge in [0.05, 0.1) is 5.02 Å². The van der Waals surface area contributed by atoms with Crippen molar-refractivity contribution in [1.82, 2.24) is 0 Å². The molecule has 0 unspecified atom stereocenters. The first-order valence-electron chi connectivity index (χ1n) is 5.47. The Bertz CT molecular complexity index is 587. The summed E-state index contributed by atoms with van der Waals surface area (Å²) in [6.45, 7) is 0. The number of hydrogen-bond donors (Lipinski definition) is 1. The third-order valence-corrected chi connectivity index (χ3v) is 4.44. The van der Waals surface area contributed by atoms with Crippen LogP contribution in [0.2, 0.25) is 10.0 Å². The minimum Gasteiger partial charge on any atom is -0.480 e. The lowest BCUT2D eigenvalue weighted by atomic mass is 10.1. The zero-order chi connectivity index (χ0) is 13.8. The third-order valence-electron chi connectivity index (χ3n) is 2.46. The second-order valence-corrected chi connectivity index (χ2v) is 5.81. The van der Waals surface area contributed by atoms with Crippen molar-refractivity contribution in [2.45, 2.75) is 10.1 Å². The third kappa shape index (κ3) is 3.66. The Morgan fingerprint density at radius 1 is 1.11 bits per heavy atom. The number of carboxylic acid groups (broad SMARTS) is 1. The minimum absolute atomic E-state index is 0.497. The summed E-state index contributed by atoms with van der Waals surface area (Å²) >= 11 is 13.1. The van der Waals surface area contributed by atoms with E-state index in [4.69, 9.17) is 23.2 Å². The summed E-state index contributed by atoms with van der Waals surface area (Å²) in [5.41, 5.74) is 0.719. The smallest absolute Gasteiger partial charge is 0.321 e. The molecule has 0 bridgehead atoms. The predicted molar refractivity (Wildman–Crippen MR) is 79.1 cm³/mol. The molecule has 0 amide bonds. The summed E-state index contributed by atoms with van der Waals surface area (Å²) in [5, 5.41) is 9.67. The van der Waals surface area contributed by atoms with E-state index in [1.54, 1.807) is 30.3 Å². The van der Waals surface area contributed by atoms with E-state index in [0.717, 1.165) is 5.56 Å². The van der Waals surface area contributed by atoms with E-state index < -0.39 is 11.2 Å². The van der Waals surface area contributed by atoms with Crippen molar-refractivity contribution in [3.05, 3.63) is 64.1 Å². The largest absolute Gasteiger partial charge is 0.480 e. The van der Waals surface area contributed by atoms with Gasteiger partial charge in [0.1, 0.15) is 5.25 Å². The van der Waals surface area contributed by atoms with Gasteiger partial charge in [-0.1, -0.05) is 53.5 Å². The topological polar surface area (TPSA) is 37.3 Å². The van der Waals surface area contributed by atoms with Crippen LogP contribution >= 0.6 is 35.0 Å². The number of carbonyl (C=O) groups is 1. The number of halogens is 2. The summed E-state index contributed by atoms with van der Waals surface area (Å²) in [6.07, 6.45) is 0. The van der Waals surface area contributed by atoms with Crippen LogP contribution in [0, 0.1) is 0 Å². The molecule has 0 aliphatic rings. The molecule has 0 aliphatic carbocycles. The maximum atomic E-state index is 11.4. The molecule has 2 aromatic carbocycles. The molecule has 0 fully saturated rings. The molecule has 2 rings (SSSR count). The number of benzene rings is 2. The van der Waals surface area contributed by atoms with E-state index in [1.807, 2.05) is 18.2 Å². The fraction of sp³-hybridized carbons (Fsp3) is 0.0714. The Labute approximate surface area is 125 Å². The first-order valence-corrected chi connectivity index (χ1v) is 7.11. The van der Waals surface area contributed by atoms with E-state index in [9.17, 15) is 9.90 Å².